The van der Waals surface area contributed by atoms with Gasteiger partial charge in [-0.15, -0.1) is 0 Å². The van der Waals surface area contributed by atoms with Crippen LogP contribution in [0.4, 0.5) is 4.79 Å². The molecule has 0 saturated carbocycles. The number of rotatable bonds is 4. The maximum Gasteiger partial charge on any atom is 0.409 e. The Balaban J connectivity index is 2.09. The predicted molar refractivity (Wildman–Crippen MR) is 81.3 cm³/mol. The largest absolute Gasteiger partial charge is 0.444 e. The van der Waals surface area contributed by atoms with Crippen molar-refractivity contribution in [3.8, 4) is 0 Å². The molecule has 2 saturated heterocycles. The Morgan fingerprint density at radius 2 is 1.87 bits per heavy atom. The van der Waals surface area contributed by atoms with Crippen molar-refractivity contribution in [2.24, 2.45) is 0 Å². The van der Waals surface area contributed by atoms with E-state index in [2.05, 4.69) is 5.32 Å². The van der Waals surface area contributed by atoms with Crippen molar-refractivity contribution in [2.75, 3.05) is 19.6 Å². The van der Waals surface area contributed by atoms with Gasteiger partial charge < -0.3 is 19.6 Å². The molecule has 2 heterocycles. The molecule has 0 spiro atoms. The number of nitrogens with one attached hydrogen (secondary N) is 1. The summed E-state index contributed by atoms with van der Waals surface area (Å²) in [4.78, 5) is 39.1. The second-order valence-corrected chi connectivity index (χ2v) is 6.91. The molecule has 8 heteroatoms. The summed E-state index contributed by atoms with van der Waals surface area (Å²) >= 11 is 0. The molecule has 23 heavy (non-hydrogen) atoms. The van der Waals surface area contributed by atoms with Crippen LogP contribution < -0.4 is 5.32 Å². The summed E-state index contributed by atoms with van der Waals surface area (Å²) in [5.74, 6) is -0.668. The van der Waals surface area contributed by atoms with Gasteiger partial charge in [0.15, 0.2) is 6.10 Å². The maximum absolute atomic E-state index is 12.2. The molecule has 0 aromatic heterocycles. The summed E-state index contributed by atoms with van der Waals surface area (Å²) in [7, 11) is 0. The second-order valence-electron chi connectivity index (χ2n) is 6.91. The Bertz CT molecular complexity index is 484. The van der Waals surface area contributed by atoms with Gasteiger partial charge >= 0.3 is 6.09 Å². The van der Waals surface area contributed by atoms with Gasteiger partial charge in [-0.1, -0.05) is 0 Å². The second kappa shape index (κ2) is 6.74. The summed E-state index contributed by atoms with van der Waals surface area (Å²) < 4.78 is 5.17. The lowest BCUT2D eigenvalue weighted by Gasteiger charge is -2.37. The number of ether oxygens (including phenoxy) is 1. The van der Waals surface area contributed by atoms with Crippen molar-refractivity contribution in [1.82, 2.24) is 15.1 Å². The van der Waals surface area contributed by atoms with Gasteiger partial charge in [0, 0.05) is 26.1 Å². The Morgan fingerprint density at radius 1 is 1.22 bits per heavy atom. The van der Waals surface area contributed by atoms with Crippen LogP contribution in [0, 0.1) is 0 Å². The van der Waals surface area contributed by atoms with Gasteiger partial charge in [-0.3, -0.25) is 14.9 Å². The summed E-state index contributed by atoms with van der Waals surface area (Å²) in [6.45, 7) is 6.70. The van der Waals surface area contributed by atoms with E-state index in [1.165, 1.54) is 9.80 Å². The number of aliphatic hydroxyl groups is 1. The lowest BCUT2D eigenvalue weighted by molar-refractivity contribution is -0.150. The van der Waals surface area contributed by atoms with E-state index in [-0.39, 0.29) is 5.91 Å². The summed E-state index contributed by atoms with van der Waals surface area (Å²) in [6, 6.07) is 0. The van der Waals surface area contributed by atoms with Crippen LogP contribution in [0.3, 0.4) is 0 Å². The number of hydrogen-bond donors (Lipinski definition) is 2. The third-order valence-electron chi connectivity index (χ3n) is 3.83. The molecule has 8 nitrogen and oxygen atoms in total. The molecule has 2 unspecified atom stereocenters. The Kier molecular flexibility index (Phi) is 5.13. The van der Waals surface area contributed by atoms with Crippen molar-refractivity contribution in [3.63, 3.8) is 0 Å². The topological polar surface area (TPSA) is 99.2 Å². The van der Waals surface area contributed by atoms with E-state index in [0.717, 1.165) is 6.42 Å². The molecular formula is C15H25N3O5. The Hall–Kier alpha value is -1.83. The molecule has 2 N–H and O–H groups in total. The minimum absolute atomic E-state index is 0.193. The van der Waals surface area contributed by atoms with Crippen molar-refractivity contribution in [2.45, 2.75) is 57.9 Å². The van der Waals surface area contributed by atoms with E-state index in [1.807, 2.05) is 0 Å². The number of likely N-dealkylation sites (tertiary alicyclic amines) is 2. The quantitative estimate of drug-likeness (QED) is 0.760. The molecule has 0 aliphatic carbocycles. The van der Waals surface area contributed by atoms with E-state index in [9.17, 15) is 19.5 Å². The first-order valence-electron chi connectivity index (χ1n) is 7.95. The maximum atomic E-state index is 12.2. The molecule has 0 aromatic rings. The first-order chi connectivity index (χ1) is 10.7. The van der Waals surface area contributed by atoms with Gasteiger partial charge in [0.25, 0.3) is 5.91 Å². The molecule has 2 rings (SSSR count). The minimum Gasteiger partial charge on any atom is -0.444 e. The van der Waals surface area contributed by atoms with E-state index in [1.54, 1.807) is 20.8 Å². The molecule has 0 bridgehead atoms. The fourth-order valence-corrected chi connectivity index (χ4v) is 2.58. The zero-order chi connectivity index (χ0) is 17.2. The van der Waals surface area contributed by atoms with Crippen LogP contribution in [0.15, 0.2) is 0 Å². The van der Waals surface area contributed by atoms with Crippen molar-refractivity contribution < 1.29 is 24.2 Å². The molecule has 2 aliphatic heterocycles. The minimum atomic E-state index is -1.50. The van der Waals surface area contributed by atoms with E-state index in [4.69, 9.17) is 4.74 Å². The monoisotopic (exact) mass is 327 g/mol. The molecule has 2 aliphatic rings. The van der Waals surface area contributed by atoms with Crippen LogP contribution in [0.5, 0.6) is 0 Å². The van der Waals surface area contributed by atoms with Crippen LogP contribution >= 0.6 is 0 Å². The molecule has 130 valence electrons. The zero-order valence-corrected chi connectivity index (χ0v) is 13.9. The first-order valence-corrected chi connectivity index (χ1v) is 7.95. The third-order valence-corrected chi connectivity index (χ3v) is 3.83. The molecule has 0 radical (unpaired) electrons. The number of aliphatic hydroxyl groups excluding tert-OH is 1. The zero-order valence-electron chi connectivity index (χ0n) is 13.9. The average Bonchev–Trinajstić information content (AvgIpc) is 2.77. The summed E-state index contributed by atoms with van der Waals surface area (Å²) in [5.41, 5.74) is -0.712. The highest BCUT2D eigenvalue weighted by Gasteiger charge is 2.40. The summed E-state index contributed by atoms with van der Waals surface area (Å²) in [6.07, 6.45) is -1.49. The highest BCUT2D eigenvalue weighted by Crippen LogP contribution is 2.18. The lowest BCUT2D eigenvalue weighted by atomic mass is 10.1. The van der Waals surface area contributed by atoms with Crippen LogP contribution in [0.25, 0.3) is 0 Å². The van der Waals surface area contributed by atoms with Gasteiger partial charge in [-0.2, -0.15) is 0 Å². The van der Waals surface area contributed by atoms with E-state index in [0.29, 0.717) is 32.5 Å². The van der Waals surface area contributed by atoms with Gasteiger partial charge in [0.05, 0.1) is 0 Å². The van der Waals surface area contributed by atoms with Gasteiger partial charge in [0.2, 0.25) is 5.91 Å². The van der Waals surface area contributed by atoms with Crippen molar-refractivity contribution in [1.29, 1.82) is 0 Å². The predicted octanol–water partition coefficient (Wildman–Crippen LogP) is 0.0528. The van der Waals surface area contributed by atoms with E-state index < -0.39 is 29.9 Å². The summed E-state index contributed by atoms with van der Waals surface area (Å²) in [5, 5.41) is 12.9. The van der Waals surface area contributed by atoms with Gasteiger partial charge in [0.1, 0.15) is 11.8 Å². The lowest BCUT2D eigenvalue weighted by Crippen LogP contribution is -2.61. The third kappa shape index (κ3) is 4.34. The fraction of sp³-hybridized carbons (Fsp3) is 0.800. The molecule has 0 aromatic carbocycles. The number of amides is 3. The van der Waals surface area contributed by atoms with Gasteiger partial charge in [-0.05, 0) is 33.6 Å². The standard InChI is InChI=1S/C15H25N3O5/c1-15(2,3)23-14(22)16-12(18-9-4-6-10(18)19)11(20)13(21)17-7-5-8-17/h11-12,20H,4-9H2,1-3H3,(H,16,22). The van der Waals surface area contributed by atoms with Crippen LogP contribution in [0.1, 0.15) is 40.0 Å². The molecule has 2 fully saturated rings. The average molecular weight is 327 g/mol. The smallest absolute Gasteiger partial charge is 0.409 e. The van der Waals surface area contributed by atoms with Crippen molar-refractivity contribution in [3.05, 3.63) is 0 Å². The van der Waals surface area contributed by atoms with Crippen molar-refractivity contribution >= 4 is 17.9 Å². The van der Waals surface area contributed by atoms with E-state index >= 15 is 0 Å². The van der Waals surface area contributed by atoms with Crippen LogP contribution in [0.2, 0.25) is 0 Å². The molecule has 3 amide bonds. The SMILES string of the molecule is CC(C)(C)OC(=O)NC(C(O)C(=O)N1CCC1)N1CCCC1=O. The number of nitrogens with zero attached hydrogens (tertiary/aromatic N) is 2. The number of hydrogen-bond acceptors (Lipinski definition) is 5. The highest BCUT2D eigenvalue weighted by atomic mass is 16.6. The van der Waals surface area contributed by atoms with Gasteiger partial charge in [-0.25, -0.2) is 4.79 Å². The Morgan fingerprint density at radius 3 is 2.30 bits per heavy atom. The number of carbonyl (C=O) groups excluding carboxylic acids is 3. The van der Waals surface area contributed by atoms with Crippen LogP contribution in [-0.2, 0) is 14.3 Å². The number of carbonyl (C=O) groups is 3. The first kappa shape index (κ1) is 17.5. The highest BCUT2D eigenvalue weighted by molar-refractivity contribution is 5.85. The number of alkyl carbamates (subject to hydrolysis) is 1. The molecular weight excluding hydrogens is 302 g/mol. The Labute approximate surface area is 135 Å². The molecule has 2 atom stereocenters. The fourth-order valence-electron chi connectivity index (χ4n) is 2.58. The van der Waals surface area contributed by atoms with Crippen LogP contribution in [-0.4, -0.2) is 70.3 Å². The normalized spacial score (nSPS) is 20.8.